The average molecular weight is 267 g/mol. The predicted molar refractivity (Wildman–Crippen MR) is 67.2 cm³/mol. The average Bonchev–Trinajstić information content (AvgIpc) is 2.73. The molecule has 18 heavy (non-hydrogen) atoms. The molecule has 0 aliphatic heterocycles. The van der Waals surface area contributed by atoms with E-state index in [1.807, 2.05) is 13.0 Å². The summed E-state index contributed by atoms with van der Waals surface area (Å²) in [5.41, 5.74) is -0.224. The van der Waals surface area contributed by atoms with E-state index in [1.54, 1.807) is 11.9 Å². The molecule has 96 valence electrons. The van der Waals surface area contributed by atoms with E-state index in [-0.39, 0.29) is 22.4 Å². The monoisotopic (exact) mass is 267 g/mol. The van der Waals surface area contributed by atoms with Crippen molar-refractivity contribution in [2.45, 2.75) is 26.3 Å². The van der Waals surface area contributed by atoms with Crippen molar-refractivity contribution in [2.75, 3.05) is 11.9 Å². The summed E-state index contributed by atoms with van der Waals surface area (Å²) < 4.78 is 0. The van der Waals surface area contributed by atoms with Gasteiger partial charge in [0.15, 0.2) is 16.6 Å². The summed E-state index contributed by atoms with van der Waals surface area (Å²) >= 11 is 1.03. The van der Waals surface area contributed by atoms with E-state index in [2.05, 4.69) is 4.98 Å². The first-order valence-corrected chi connectivity index (χ1v) is 6.05. The number of hydrogen-bond donors (Lipinski definition) is 1. The van der Waals surface area contributed by atoms with Crippen LogP contribution >= 0.6 is 11.3 Å². The van der Waals surface area contributed by atoms with Gasteiger partial charge in [0.25, 0.3) is 0 Å². The molecule has 1 aromatic heterocycles. The van der Waals surface area contributed by atoms with Crippen LogP contribution in [-0.4, -0.2) is 34.9 Å². The number of thiazole rings is 1. The Labute approximate surface area is 108 Å². The lowest BCUT2D eigenvalue weighted by atomic mass is 10.2. The molecule has 1 N–H and O–H groups in total. The fourth-order valence-corrected chi connectivity index (χ4v) is 2.32. The minimum Gasteiger partial charge on any atom is -0.476 e. The second-order valence-corrected chi connectivity index (χ2v) is 4.84. The number of aromatic nitrogens is 1. The van der Waals surface area contributed by atoms with Gasteiger partial charge in [-0.25, -0.2) is 9.78 Å². The lowest BCUT2D eigenvalue weighted by Crippen LogP contribution is -2.28. The highest BCUT2D eigenvalue weighted by Crippen LogP contribution is 2.27. The lowest BCUT2D eigenvalue weighted by molar-refractivity contribution is 0.0687. The molecule has 1 unspecified atom stereocenters. The first-order valence-electron chi connectivity index (χ1n) is 5.23. The fourth-order valence-electron chi connectivity index (χ4n) is 1.30. The van der Waals surface area contributed by atoms with E-state index in [9.17, 15) is 9.59 Å². The Morgan fingerprint density at radius 2 is 2.22 bits per heavy atom. The number of anilines is 1. The molecular formula is C11H13N3O3S. The Hall–Kier alpha value is -1.94. The van der Waals surface area contributed by atoms with Crippen molar-refractivity contribution >= 4 is 28.2 Å². The summed E-state index contributed by atoms with van der Waals surface area (Å²) in [5.74, 6) is -1.54. The van der Waals surface area contributed by atoms with Gasteiger partial charge in [0.1, 0.15) is 4.88 Å². The number of nitrogens with zero attached hydrogens (tertiary/aromatic N) is 3. The molecule has 0 saturated carbocycles. The zero-order chi connectivity index (χ0) is 13.9. The summed E-state index contributed by atoms with van der Waals surface area (Å²) in [7, 11) is 1.72. The second-order valence-electron chi connectivity index (χ2n) is 3.86. The topological polar surface area (TPSA) is 94.3 Å². The van der Waals surface area contributed by atoms with Gasteiger partial charge < -0.3 is 10.0 Å². The number of carboxylic acid groups (broad SMARTS) is 1. The van der Waals surface area contributed by atoms with Crippen LogP contribution in [-0.2, 0) is 0 Å². The van der Waals surface area contributed by atoms with Crippen molar-refractivity contribution in [3.05, 3.63) is 10.6 Å². The molecule has 0 amide bonds. The van der Waals surface area contributed by atoms with Crippen molar-refractivity contribution in [3.63, 3.8) is 0 Å². The molecule has 1 rings (SSSR count). The molecule has 0 aromatic carbocycles. The van der Waals surface area contributed by atoms with E-state index in [1.165, 1.54) is 6.92 Å². The number of nitriles is 1. The molecule has 0 aliphatic rings. The summed E-state index contributed by atoms with van der Waals surface area (Å²) in [5, 5.41) is 18.0. The maximum Gasteiger partial charge on any atom is 0.356 e. The maximum absolute atomic E-state index is 11.3. The van der Waals surface area contributed by atoms with E-state index >= 15 is 0 Å². The Morgan fingerprint density at radius 1 is 1.61 bits per heavy atom. The van der Waals surface area contributed by atoms with Crippen LogP contribution in [0.1, 0.15) is 40.4 Å². The third kappa shape index (κ3) is 2.84. The molecule has 7 heteroatoms. The van der Waals surface area contributed by atoms with Crippen LogP contribution in [0.4, 0.5) is 5.13 Å². The number of carboxylic acids is 1. The second kappa shape index (κ2) is 5.60. The largest absolute Gasteiger partial charge is 0.476 e. The van der Waals surface area contributed by atoms with Crippen LogP contribution in [0.3, 0.4) is 0 Å². The van der Waals surface area contributed by atoms with Gasteiger partial charge in [0.2, 0.25) is 0 Å². The maximum atomic E-state index is 11.3. The molecule has 0 radical (unpaired) electrons. The number of aromatic carboxylic acids is 1. The smallest absolute Gasteiger partial charge is 0.356 e. The summed E-state index contributed by atoms with van der Waals surface area (Å²) in [6, 6.07) is 1.94. The van der Waals surface area contributed by atoms with Crippen LogP contribution in [0.25, 0.3) is 0 Å². The lowest BCUT2D eigenvalue weighted by Gasteiger charge is -2.21. The first-order chi connectivity index (χ1) is 8.38. The Morgan fingerprint density at radius 3 is 2.61 bits per heavy atom. The van der Waals surface area contributed by atoms with Gasteiger partial charge in [0, 0.05) is 20.0 Å². The van der Waals surface area contributed by atoms with Gasteiger partial charge in [-0.3, -0.25) is 4.79 Å². The first kappa shape index (κ1) is 14.1. The molecule has 0 aliphatic carbocycles. The van der Waals surface area contributed by atoms with Crippen LogP contribution in [0.2, 0.25) is 0 Å². The van der Waals surface area contributed by atoms with Crippen molar-refractivity contribution in [1.82, 2.24) is 4.98 Å². The number of hydrogen-bond acceptors (Lipinski definition) is 6. The highest BCUT2D eigenvalue weighted by molar-refractivity contribution is 7.17. The van der Waals surface area contributed by atoms with E-state index in [0.29, 0.717) is 11.6 Å². The van der Waals surface area contributed by atoms with Crippen LogP contribution in [0.5, 0.6) is 0 Å². The van der Waals surface area contributed by atoms with E-state index < -0.39 is 5.97 Å². The van der Waals surface area contributed by atoms with Crippen molar-refractivity contribution in [2.24, 2.45) is 0 Å². The highest BCUT2D eigenvalue weighted by atomic mass is 32.1. The summed E-state index contributed by atoms with van der Waals surface area (Å²) in [6.07, 6.45) is 0.299. The van der Waals surface area contributed by atoms with Gasteiger partial charge in [-0.1, -0.05) is 11.3 Å². The van der Waals surface area contributed by atoms with E-state index in [4.69, 9.17) is 10.4 Å². The standard InChI is InChI=1S/C11H13N3O3S/c1-6(4-5-12)14(3)11-13-8(10(16)17)9(18-11)7(2)15/h6H,4H2,1-3H3,(H,16,17). The third-order valence-electron chi connectivity index (χ3n) is 2.49. The van der Waals surface area contributed by atoms with Crippen LogP contribution in [0, 0.1) is 11.3 Å². The SMILES string of the molecule is CC(=O)c1sc(N(C)C(C)CC#N)nc1C(=O)O. The Balaban J connectivity index is 3.12. The van der Waals surface area contributed by atoms with E-state index in [0.717, 1.165) is 11.3 Å². The normalized spacial score (nSPS) is 11.7. The minimum absolute atomic E-state index is 0.0948. The number of rotatable bonds is 5. The molecule has 6 nitrogen and oxygen atoms in total. The molecule has 1 aromatic rings. The van der Waals surface area contributed by atoms with Gasteiger partial charge in [0.05, 0.1) is 12.5 Å². The number of carbonyl (C=O) groups excluding carboxylic acids is 1. The van der Waals surface area contributed by atoms with Gasteiger partial charge >= 0.3 is 5.97 Å². The Kier molecular flexibility index (Phi) is 4.39. The number of Topliss-reactive ketones (excluding diaryl/α,β-unsaturated/α-hetero) is 1. The summed E-state index contributed by atoms with van der Waals surface area (Å²) in [4.78, 5) is 28.1. The van der Waals surface area contributed by atoms with Gasteiger partial charge in [-0.05, 0) is 6.92 Å². The van der Waals surface area contributed by atoms with Gasteiger partial charge in [-0.2, -0.15) is 5.26 Å². The predicted octanol–water partition coefficient (Wildman–Crippen LogP) is 1.78. The Bertz CT molecular complexity index is 487. The molecule has 1 atom stereocenters. The van der Waals surface area contributed by atoms with Crippen molar-refractivity contribution in [1.29, 1.82) is 5.26 Å². The molecule has 1 heterocycles. The molecule has 0 spiro atoms. The third-order valence-corrected chi connectivity index (χ3v) is 3.73. The zero-order valence-electron chi connectivity index (χ0n) is 10.3. The zero-order valence-corrected chi connectivity index (χ0v) is 11.1. The highest BCUT2D eigenvalue weighted by Gasteiger charge is 2.23. The minimum atomic E-state index is -1.22. The summed E-state index contributed by atoms with van der Waals surface area (Å²) in [6.45, 7) is 3.14. The fraction of sp³-hybridized carbons (Fsp3) is 0.455. The quantitative estimate of drug-likeness (QED) is 0.817. The van der Waals surface area contributed by atoms with Crippen molar-refractivity contribution < 1.29 is 14.7 Å². The van der Waals surface area contributed by atoms with Crippen LogP contribution in [0.15, 0.2) is 0 Å². The van der Waals surface area contributed by atoms with Crippen LogP contribution < -0.4 is 4.90 Å². The molecular weight excluding hydrogens is 254 g/mol. The molecule has 0 saturated heterocycles. The number of ketones is 1. The molecule has 0 bridgehead atoms. The molecule has 0 fully saturated rings. The number of carbonyl (C=O) groups is 2. The van der Waals surface area contributed by atoms with Gasteiger partial charge in [-0.15, -0.1) is 0 Å². The van der Waals surface area contributed by atoms with Crippen molar-refractivity contribution in [3.8, 4) is 6.07 Å².